The molecule has 2 aromatic rings. The van der Waals surface area contributed by atoms with Crippen molar-refractivity contribution in [1.29, 1.82) is 0 Å². The predicted octanol–water partition coefficient (Wildman–Crippen LogP) is 4.39. The van der Waals surface area contributed by atoms with Gasteiger partial charge in [-0.05, 0) is 37.0 Å². The number of nitrogens with zero attached hydrogens (tertiary/aromatic N) is 2. The average molecular weight is 415 g/mol. The average Bonchev–Trinajstić information content (AvgIpc) is 2.62. The Hall–Kier alpha value is -1.34. The first kappa shape index (κ1) is 19.4. The Morgan fingerprint density at radius 3 is 2.50 bits per heavy atom. The van der Waals surface area contributed by atoms with E-state index in [0.29, 0.717) is 40.4 Å². The zero-order valence-corrected chi connectivity index (χ0v) is 16.7. The van der Waals surface area contributed by atoms with Crippen molar-refractivity contribution >= 4 is 33.2 Å². The second kappa shape index (κ2) is 8.13. The van der Waals surface area contributed by atoms with Crippen LogP contribution in [0, 0.1) is 5.92 Å². The summed E-state index contributed by atoms with van der Waals surface area (Å²) in [4.78, 5) is 4.25. The van der Waals surface area contributed by atoms with E-state index in [0.717, 1.165) is 12.8 Å². The van der Waals surface area contributed by atoms with E-state index in [9.17, 15) is 8.42 Å². The summed E-state index contributed by atoms with van der Waals surface area (Å²) in [6, 6.07) is 6.68. The second-order valence-corrected chi connectivity index (χ2v) is 9.21. The molecule has 0 spiro atoms. The highest BCUT2D eigenvalue weighted by Crippen LogP contribution is 2.33. The maximum Gasteiger partial charge on any atom is 0.244 e. The molecule has 3 rings (SSSR count). The molecule has 0 atom stereocenters. The van der Waals surface area contributed by atoms with Crippen molar-refractivity contribution in [2.24, 2.45) is 5.92 Å². The first-order chi connectivity index (χ1) is 12.4. The summed E-state index contributed by atoms with van der Waals surface area (Å²) in [6.07, 6.45) is 4.70. The van der Waals surface area contributed by atoms with Crippen molar-refractivity contribution in [3.8, 4) is 5.75 Å². The molecule has 0 bridgehead atoms. The van der Waals surface area contributed by atoms with Gasteiger partial charge in [0.25, 0.3) is 0 Å². The molecule has 5 nitrogen and oxygen atoms in total. The monoisotopic (exact) mass is 414 g/mol. The van der Waals surface area contributed by atoms with E-state index >= 15 is 0 Å². The van der Waals surface area contributed by atoms with E-state index in [-0.39, 0.29) is 11.5 Å². The Morgan fingerprint density at radius 2 is 1.85 bits per heavy atom. The van der Waals surface area contributed by atoms with Gasteiger partial charge in [-0.3, -0.25) is 4.98 Å². The standard InChI is InChI=1S/C18H20Cl2N2O3S/c1-13-5-7-22(8-6-13)26(23,24)15-9-14(10-21-11-15)12-25-18-16(19)3-2-4-17(18)20/h2-4,9-11,13H,5-8,12H2,1H3. The predicted molar refractivity (Wildman–Crippen MR) is 102 cm³/mol. The second-order valence-electron chi connectivity index (χ2n) is 6.45. The summed E-state index contributed by atoms with van der Waals surface area (Å²) in [5.74, 6) is 0.925. The van der Waals surface area contributed by atoms with Crippen molar-refractivity contribution in [1.82, 2.24) is 9.29 Å². The van der Waals surface area contributed by atoms with Crippen molar-refractivity contribution in [2.45, 2.75) is 31.3 Å². The first-order valence-electron chi connectivity index (χ1n) is 8.39. The molecule has 0 N–H and O–H groups in total. The third kappa shape index (κ3) is 4.31. The molecular weight excluding hydrogens is 395 g/mol. The van der Waals surface area contributed by atoms with Crippen LogP contribution in [0.25, 0.3) is 0 Å². The SMILES string of the molecule is CC1CCN(S(=O)(=O)c2cncc(COc3c(Cl)cccc3Cl)c2)CC1. The molecule has 0 radical (unpaired) electrons. The van der Waals surface area contributed by atoms with Crippen molar-refractivity contribution < 1.29 is 13.2 Å². The summed E-state index contributed by atoms with van der Waals surface area (Å²) in [5.41, 5.74) is 0.632. The summed E-state index contributed by atoms with van der Waals surface area (Å²) < 4.78 is 32.9. The highest BCUT2D eigenvalue weighted by molar-refractivity contribution is 7.89. The fraction of sp³-hybridized carbons (Fsp3) is 0.389. The Morgan fingerprint density at radius 1 is 1.19 bits per heavy atom. The van der Waals surface area contributed by atoms with E-state index < -0.39 is 10.0 Å². The Labute approximate surface area is 163 Å². The zero-order chi connectivity index (χ0) is 18.7. The summed E-state index contributed by atoms with van der Waals surface area (Å²) in [5, 5.41) is 0.799. The molecule has 0 aliphatic carbocycles. The number of ether oxygens (including phenoxy) is 1. The van der Waals surface area contributed by atoms with Gasteiger partial charge in [-0.1, -0.05) is 36.2 Å². The van der Waals surface area contributed by atoms with Crippen LogP contribution in [-0.4, -0.2) is 30.8 Å². The molecule has 1 aromatic heterocycles. The van der Waals surface area contributed by atoms with Gasteiger partial charge in [0.05, 0.1) is 10.0 Å². The van der Waals surface area contributed by atoms with Crippen LogP contribution < -0.4 is 4.74 Å². The number of hydrogen-bond acceptors (Lipinski definition) is 4. The maximum atomic E-state index is 12.8. The molecule has 1 aromatic carbocycles. The van der Waals surface area contributed by atoms with E-state index in [4.69, 9.17) is 27.9 Å². The molecule has 0 amide bonds. The van der Waals surface area contributed by atoms with Gasteiger partial charge < -0.3 is 4.74 Å². The summed E-state index contributed by atoms with van der Waals surface area (Å²) in [7, 11) is -3.54. The van der Waals surface area contributed by atoms with Crippen LogP contribution in [0.3, 0.4) is 0 Å². The van der Waals surface area contributed by atoms with Gasteiger partial charge in [-0.25, -0.2) is 8.42 Å². The van der Waals surface area contributed by atoms with Crippen LogP contribution in [0.2, 0.25) is 10.0 Å². The molecule has 0 unspecified atom stereocenters. The van der Waals surface area contributed by atoms with E-state index in [1.54, 1.807) is 30.5 Å². The number of aromatic nitrogens is 1. The van der Waals surface area contributed by atoms with Crippen molar-refractivity contribution in [2.75, 3.05) is 13.1 Å². The van der Waals surface area contributed by atoms with Crippen LogP contribution in [0.5, 0.6) is 5.75 Å². The molecule has 26 heavy (non-hydrogen) atoms. The third-order valence-electron chi connectivity index (χ3n) is 4.45. The van der Waals surface area contributed by atoms with Crippen LogP contribution in [0.15, 0.2) is 41.6 Å². The molecule has 1 saturated heterocycles. The van der Waals surface area contributed by atoms with Crippen molar-refractivity contribution in [3.63, 3.8) is 0 Å². The first-order valence-corrected chi connectivity index (χ1v) is 10.6. The highest BCUT2D eigenvalue weighted by atomic mass is 35.5. The number of rotatable bonds is 5. The molecule has 2 heterocycles. The number of hydrogen-bond donors (Lipinski definition) is 0. The Kier molecular flexibility index (Phi) is 6.07. The lowest BCUT2D eigenvalue weighted by atomic mass is 10.0. The molecule has 1 aliphatic heterocycles. The van der Waals surface area contributed by atoms with E-state index in [1.165, 1.54) is 10.5 Å². The Bertz CT molecular complexity index is 862. The highest BCUT2D eigenvalue weighted by Gasteiger charge is 2.28. The van der Waals surface area contributed by atoms with Crippen LogP contribution >= 0.6 is 23.2 Å². The third-order valence-corrected chi connectivity index (χ3v) is 6.91. The normalized spacial score (nSPS) is 16.6. The molecular formula is C18H20Cl2N2O3S. The van der Waals surface area contributed by atoms with Crippen LogP contribution in [-0.2, 0) is 16.6 Å². The zero-order valence-electron chi connectivity index (χ0n) is 14.4. The van der Waals surface area contributed by atoms with Gasteiger partial charge >= 0.3 is 0 Å². The Balaban J connectivity index is 1.76. The minimum atomic E-state index is -3.54. The van der Waals surface area contributed by atoms with Gasteiger partial charge in [-0.15, -0.1) is 0 Å². The number of sulfonamides is 1. The maximum absolute atomic E-state index is 12.8. The van der Waals surface area contributed by atoms with Gasteiger partial charge in [0.15, 0.2) is 5.75 Å². The largest absolute Gasteiger partial charge is 0.486 e. The molecule has 1 aliphatic rings. The lowest BCUT2D eigenvalue weighted by Gasteiger charge is -2.29. The van der Waals surface area contributed by atoms with Gasteiger partial charge in [0, 0.05) is 31.0 Å². The quantitative estimate of drug-likeness (QED) is 0.727. The molecule has 8 heteroatoms. The lowest BCUT2D eigenvalue weighted by molar-refractivity contribution is 0.287. The fourth-order valence-corrected chi connectivity index (χ4v) is 4.82. The number of halogens is 2. The topological polar surface area (TPSA) is 59.5 Å². The van der Waals surface area contributed by atoms with E-state index in [1.807, 2.05) is 0 Å². The number of piperidine rings is 1. The minimum Gasteiger partial charge on any atom is -0.486 e. The fourth-order valence-electron chi connectivity index (χ4n) is 2.83. The molecule has 140 valence electrons. The summed E-state index contributed by atoms with van der Waals surface area (Å²) >= 11 is 12.2. The number of para-hydroxylation sites is 1. The van der Waals surface area contributed by atoms with Crippen LogP contribution in [0.4, 0.5) is 0 Å². The number of benzene rings is 1. The molecule has 0 saturated carbocycles. The van der Waals surface area contributed by atoms with Crippen molar-refractivity contribution in [3.05, 3.63) is 52.3 Å². The number of pyridine rings is 1. The minimum absolute atomic E-state index is 0.122. The van der Waals surface area contributed by atoms with Gasteiger partial charge in [0.1, 0.15) is 11.5 Å². The summed E-state index contributed by atoms with van der Waals surface area (Å²) in [6.45, 7) is 3.35. The van der Waals surface area contributed by atoms with E-state index in [2.05, 4.69) is 11.9 Å². The molecule has 1 fully saturated rings. The van der Waals surface area contributed by atoms with Gasteiger partial charge in [-0.2, -0.15) is 4.31 Å². The van der Waals surface area contributed by atoms with Gasteiger partial charge in [0.2, 0.25) is 10.0 Å². The van der Waals surface area contributed by atoms with Crippen LogP contribution in [0.1, 0.15) is 25.3 Å². The smallest absolute Gasteiger partial charge is 0.244 e. The lowest BCUT2D eigenvalue weighted by Crippen LogP contribution is -2.37.